The largest absolute Gasteiger partial charge is 0.466 e. The van der Waals surface area contributed by atoms with Gasteiger partial charge >= 0.3 is 5.97 Å². The van der Waals surface area contributed by atoms with Crippen molar-refractivity contribution in [1.29, 1.82) is 0 Å². The van der Waals surface area contributed by atoms with Crippen LogP contribution in [0.5, 0.6) is 0 Å². The highest BCUT2D eigenvalue weighted by atomic mass is 16.6. The van der Waals surface area contributed by atoms with Gasteiger partial charge in [0.1, 0.15) is 11.5 Å². The highest BCUT2D eigenvalue weighted by molar-refractivity contribution is 6.03. The summed E-state index contributed by atoms with van der Waals surface area (Å²) >= 11 is 0. The summed E-state index contributed by atoms with van der Waals surface area (Å²) in [7, 11) is 0. The Hall–Kier alpha value is -2.14. The molecule has 3 aliphatic heterocycles. The molecule has 0 aliphatic carbocycles. The zero-order valence-corrected chi connectivity index (χ0v) is 13.2. The first-order valence-corrected chi connectivity index (χ1v) is 7.98. The zero-order chi connectivity index (χ0) is 16.2. The SMILES string of the molecule is CCOC(=O)[C@H]1[C@@H]2C=C[C@@]3(CN(c4ccccc4C)C(=O)[C@@H]13)O2. The van der Waals surface area contributed by atoms with Crippen molar-refractivity contribution in [2.75, 3.05) is 18.1 Å². The van der Waals surface area contributed by atoms with E-state index in [0.717, 1.165) is 11.3 Å². The summed E-state index contributed by atoms with van der Waals surface area (Å²) in [5.41, 5.74) is 1.22. The molecule has 2 saturated heterocycles. The lowest BCUT2D eigenvalue weighted by Gasteiger charge is -2.22. The normalized spacial score (nSPS) is 34.1. The molecule has 1 aromatic carbocycles. The van der Waals surface area contributed by atoms with Gasteiger partial charge in [0.05, 0.1) is 25.2 Å². The van der Waals surface area contributed by atoms with E-state index < -0.39 is 17.4 Å². The number of ether oxygens (including phenoxy) is 2. The van der Waals surface area contributed by atoms with Crippen LogP contribution in [-0.2, 0) is 19.1 Å². The lowest BCUT2D eigenvalue weighted by atomic mass is 9.77. The van der Waals surface area contributed by atoms with E-state index in [-0.39, 0.29) is 18.0 Å². The van der Waals surface area contributed by atoms with E-state index in [1.54, 1.807) is 11.8 Å². The van der Waals surface area contributed by atoms with Gasteiger partial charge in [0, 0.05) is 5.69 Å². The Morgan fingerprint density at radius 3 is 2.96 bits per heavy atom. The van der Waals surface area contributed by atoms with Gasteiger partial charge in [0.2, 0.25) is 5.91 Å². The quantitative estimate of drug-likeness (QED) is 0.631. The Balaban J connectivity index is 1.71. The highest BCUT2D eigenvalue weighted by Gasteiger charge is 2.67. The lowest BCUT2D eigenvalue weighted by Crippen LogP contribution is -2.40. The standard InChI is InChI=1S/C18H19NO4/c1-3-22-17(21)14-13-8-9-18(23-13)10-19(16(20)15(14)18)12-7-5-4-6-11(12)2/h4-9,13-15H,3,10H2,1-2H3/t13-,14-,15+,18-/m0/s1. The molecule has 2 bridgehead atoms. The maximum Gasteiger partial charge on any atom is 0.312 e. The van der Waals surface area contributed by atoms with Gasteiger partial charge in [-0.25, -0.2) is 0 Å². The molecule has 0 radical (unpaired) electrons. The summed E-state index contributed by atoms with van der Waals surface area (Å²) < 4.78 is 11.2. The van der Waals surface area contributed by atoms with Gasteiger partial charge in [-0.3, -0.25) is 9.59 Å². The predicted octanol–water partition coefficient (Wildman–Crippen LogP) is 1.84. The molecule has 2 fully saturated rings. The number of carbonyl (C=O) groups excluding carboxylic acids is 2. The Labute approximate surface area is 134 Å². The number of amides is 1. The number of rotatable bonds is 3. The van der Waals surface area contributed by atoms with Gasteiger partial charge in [-0.1, -0.05) is 30.4 Å². The molecular weight excluding hydrogens is 294 g/mol. The van der Waals surface area contributed by atoms with Crippen LogP contribution >= 0.6 is 0 Å². The highest BCUT2D eigenvalue weighted by Crippen LogP contribution is 2.53. The number of fused-ring (bicyclic) bond motifs is 1. The van der Waals surface area contributed by atoms with Crippen molar-refractivity contribution >= 4 is 17.6 Å². The second-order valence-corrected chi connectivity index (χ2v) is 6.36. The van der Waals surface area contributed by atoms with Gasteiger partial charge in [-0.15, -0.1) is 0 Å². The number of carbonyl (C=O) groups is 2. The minimum Gasteiger partial charge on any atom is -0.466 e. The van der Waals surface area contributed by atoms with Crippen molar-refractivity contribution in [2.24, 2.45) is 11.8 Å². The maximum atomic E-state index is 13.0. The fourth-order valence-corrected chi connectivity index (χ4v) is 4.08. The van der Waals surface area contributed by atoms with Crippen LogP contribution in [0.15, 0.2) is 36.4 Å². The third kappa shape index (κ3) is 1.89. The number of hydrogen-bond acceptors (Lipinski definition) is 4. The molecule has 4 rings (SSSR count). The van der Waals surface area contributed by atoms with E-state index in [1.807, 2.05) is 43.3 Å². The lowest BCUT2D eigenvalue weighted by molar-refractivity contribution is -0.151. The van der Waals surface area contributed by atoms with E-state index in [2.05, 4.69) is 0 Å². The van der Waals surface area contributed by atoms with Gasteiger partial charge in [0.15, 0.2) is 0 Å². The molecule has 4 atom stereocenters. The molecule has 1 amide bonds. The van der Waals surface area contributed by atoms with Crippen LogP contribution in [0.1, 0.15) is 12.5 Å². The molecule has 120 valence electrons. The average molecular weight is 313 g/mol. The van der Waals surface area contributed by atoms with Gasteiger partial charge in [-0.2, -0.15) is 0 Å². The first-order valence-electron chi connectivity index (χ1n) is 7.98. The number of anilines is 1. The summed E-state index contributed by atoms with van der Waals surface area (Å²) in [6.45, 7) is 4.50. The van der Waals surface area contributed by atoms with Crippen LogP contribution in [0.2, 0.25) is 0 Å². The smallest absolute Gasteiger partial charge is 0.312 e. The second kappa shape index (κ2) is 4.93. The molecule has 0 N–H and O–H groups in total. The minimum atomic E-state index is -0.693. The Morgan fingerprint density at radius 2 is 2.22 bits per heavy atom. The summed E-state index contributed by atoms with van der Waals surface area (Å²) in [4.78, 5) is 27.1. The van der Waals surface area contributed by atoms with Crippen LogP contribution in [0, 0.1) is 18.8 Å². The number of aryl methyl sites for hydroxylation is 1. The molecule has 3 heterocycles. The molecule has 23 heavy (non-hydrogen) atoms. The first-order chi connectivity index (χ1) is 11.1. The number of nitrogens with zero attached hydrogens (tertiary/aromatic N) is 1. The summed E-state index contributed by atoms with van der Waals surface area (Å²) in [5.74, 6) is -1.42. The number of benzene rings is 1. The number of esters is 1. The molecule has 0 aromatic heterocycles. The molecule has 3 aliphatic rings. The summed E-state index contributed by atoms with van der Waals surface area (Å²) in [6.07, 6.45) is 3.50. The molecule has 0 unspecified atom stereocenters. The van der Waals surface area contributed by atoms with E-state index in [4.69, 9.17) is 9.47 Å². The van der Waals surface area contributed by atoms with E-state index >= 15 is 0 Å². The summed E-state index contributed by atoms with van der Waals surface area (Å²) in [6, 6.07) is 7.77. The van der Waals surface area contributed by atoms with Crippen molar-refractivity contribution in [3.05, 3.63) is 42.0 Å². The molecule has 5 heteroatoms. The topological polar surface area (TPSA) is 55.8 Å². The number of hydrogen-bond donors (Lipinski definition) is 0. The average Bonchev–Trinajstić information content (AvgIpc) is 3.16. The van der Waals surface area contributed by atoms with Crippen molar-refractivity contribution in [3.8, 4) is 0 Å². The monoisotopic (exact) mass is 313 g/mol. The molecular formula is C18H19NO4. The summed E-state index contributed by atoms with van der Waals surface area (Å²) in [5, 5.41) is 0. The molecule has 0 saturated carbocycles. The minimum absolute atomic E-state index is 0.0517. The van der Waals surface area contributed by atoms with Gasteiger partial charge in [0.25, 0.3) is 0 Å². The Morgan fingerprint density at radius 1 is 1.43 bits per heavy atom. The third-order valence-electron chi connectivity index (χ3n) is 5.07. The zero-order valence-electron chi connectivity index (χ0n) is 13.2. The van der Waals surface area contributed by atoms with E-state index in [1.165, 1.54) is 0 Å². The molecule has 5 nitrogen and oxygen atoms in total. The Kier molecular flexibility index (Phi) is 3.10. The third-order valence-corrected chi connectivity index (χ3v) is 5.07. The van der Waals surface area contributed by atoms with Crippen molar-refractivity contribution in [3.63, 3.8) is 0 Å². The number of para-hydroxylation sites is 1. The van der Waals surface area contributed by atoms with Crippen molar-refractivity contribution in [1.82, 2.24) is 0 Å². The van der Waals surface area contributed by atoms with Crippen LogP contribution < -0.4 is 4.90 Å². The van der Waals surface area contributed by atoms with Crippen LogP contribution in [0.25, 0.3) is 0 Å². The maximum absolute atomic E-state index is 13.0. The van der Waals surface area contributed by atoms with Crippen LogP contribution in [0.3, 0.4) is 0 Å². The molecule has 1 spiro atoms. The Bertz CT molecular complexity index is 713. The van der Waals surface area contributed by atoms with Crippen molar-refractivity contribution in [2.45, 2.75) is 25.6 Å². The first kappa shape index (κ1) is 14.5. The van der Waals surface area contributed by atoms with E-state index in [0.29, 0.717) is 13.2 Å². The van der Waals surface area contributed by atoms with Crippen LogP contribution in [-0.4, -0.2) is 36.7 Å². The second-order valence-electron chi connectivity index (χ2n) is 6.36. The fourth-order valence-electron chi connectivity index (χ4n) is 4.08. The fraction of sp³-hybridized carbons (Fsp3) is 0.444. The van der Waals surface area contributed by atoms with Gasteiger partial charge < -0.3 is 14.4 Å². The van der Waals surface area contributed by atoms with Crippen molar-refractivity contribution < 1.29 is 19.1 Å². The van der Waals surface area contributed by atoms with Gasteiger partial charge in [-0.05, 0) is 25.5 Å². The predicted molar refractivity (Wildman–Crippen MR) is 83.9 cm³/mol. The van der Waals surface area contributed by atoms with Crippen LogP contribution in [0.4, 0.5) is 5.69 Å². The van der Waals surface area contributed by atoms with E-state index in [9.17, 15) is 9.59 Å². The molecule has 1 aromatic rings.